The number of nitrogens with one attached hydrogen (secondary N) is 2. The van der Waals surface area contributed by atoms with Crippen molar-refractivity contribution < 1.29 is 4.79 Å². The summed E-state index contributed by atoms with van der Waals surface area (Å²) in [7, 11) is 0. The molecule has 0 spiro atoms. The van der Waals surface area contributed by atoms with Crippen LogP contribution in [-0.4, -0.2) is 21.0 Å². The summed E-state index contributed by atoms with van der Waals surface area (Å²) in [5.41, 5.74) is 1.86. The Morgan fingerprint density at radius 2 is 1.88 bits per heavy atom. The highest BCUT2D eigenvalue weighted by atomic mass is 35.5. The zero-order chi connectivity index (χ0) is 16.9. The first-order chi connectivity index (χ1) is 11.6. The SMILES string of the molecule is O=C(Nc1nccc(-c2cccnc2)n1)Nc1cccc(Cl)c1Cl. The lowest BCUT2D eigenvalue weighted by atomic mass is 10.2. The first-order valence-electron chi connectivity index (χ1n) is 6.89. The van der Waals surface area contributed by atoms with Crippen LogP contribution < -0.4 is 10.6 Å². The number of pyridine rings is 1. The number of urea groups is 1. The van der Waals surface area contributed by atoms with E-state index >= 15 is 0 Å². The van der Waals surface area contributed by atoms with Crippen LogP contribution in [0.15, 0.2) is 55.0 Å². The van der Waals surface area contributed by atoms with Crippen LogP contribution in [-0.2, 0) is 0 Å². The number of nitrogens with zero attached hydrogens (tertiary/aromatic N) is 3. The zero-order valence-electron chi connectivity index (χ0n) is 12.2. The number of carbonyl (C=O) groups is 1. The molecule has 2 amide bonds. The molecule has 0 atom stereocenters. The fourth-order valence-corrected chi connectivity index (χ4v) is 2.30. The van der Waals surface area contributed by atoms with Gasteiger partial charge in [0.1, 0.15) is 0 Å². The van der Waals surface area contributed by atoms with Crippen LogP contribution in [0.4, 0.5) is 16.4 Å². The minimum atomic E-state index is -0.525. The Kier molecular flexibility index (Phi) is 4.88. The maximum atomic E-state index is 12.1. The van der Waals surface area contributed by atoms with E-state index in [2.05, 4.69) is 25.6 Å². The maximum Gasteiger partial charge on any atom is 0.326 e. The highest BCUT2D eigenvalue weighted by Gasteiger charge is 2.10. The predicted molar refractivity (Wildman–Crippen MR) is 94.4 cm³/mol. The normalized spacial score (nSPS) is 10.2. The van der Waals surface area contributed by atoms with Crippen molar-refractivity contribution in [2.24, 2.45) is 0 Å². The Hall–Kier alpha value is -2.70. The molecule has 0 fully saturated rings. The van der Waals surface area contributed by atoms with Crippen LogP contribution >= 0.6 is 23.2 Å². The number of anilines is 2. The van der Waals surface area contributed by atoms with Crippen LogP contribution in [0.1, 0.15) is 0 Å². The van der Waals surface area contributed by atoms with Gasteiger partial charge in [-0.2, -0.15) is 0 Å². The van der Waals surface area contributed by atoms with Gasteiger partial charge in [-0.25, -0.2) is 14.8 Å². The van der Waals surface area contributed by atoms with Gasteiger partial charge in [-0.15, -0.1) is 0 Å². The van der Waals surface area contributed by atoms with E-state index in [1.807, 2.05) is 6.07 Å². The number of hydrogen-bond donors (Lipinski definition) is 2. The molecule has 120 valence electrons. The predicted octanol–water partition coefficient (Wildman–Crippen LogP) is 4.49. The van der Waals surface area contributed by atoms with Crippen LogP contribution in [0.5, 0.6) is 0 Å². The number of hydrogen-bond acceptors (Lipinski definition) is 4. The molecule has 0 bridgehead atoms. The average molecular weight is 360 g/mol. The first kappa shape index (κ1) is 16.2. The van der Waals surface area contributed by atoms with Crippen molar-refractivity contribution in [3.63, 3.8) is 0 Å². The Labute approximate surface area is 147 Å². The maximum absolute atomic E-state index is 12.1. The Bertz CT molecular complexity index is 873. The van der Waals surface area contributed by atoms with Gasteiger partial charge in [0.2, 0.25) is 5.95 Å². The molecule has 0 radical (unpaired) electrons. The molecule has 3 rings (SSSR count). The lowest BCUT2D eigenvalue weighted by molar-refractivity contribution is 0.262. The number of benzene rings is 1. The second kappa shape index (κ2) is 7.25. The molecule has 6 nitrogen and oxygen atoms in total. The summed E-state index contributed by atoms with van der Waals surface area (Å²) in [4.78, 5) is 24.4. The fourth-order valence-electron chi connectivity index (χ4n) is 1.95. The highest BCUT2D eigenvalue weighted by molar-refractivity contribution is 6.44. The van der Waals surface area contributed by atoms with Gasteiger partial charge in [-0.3, -0.25) is 10.3 Å². The van der Waals surface area contributed by atoms with E-state index in [1.165, 1.54) is 0 Å². The Morgan fingerprint density at radius 1 is 1.00 bits per heavy atom. The third-order valence-electron chi connectivity index (χ3n) is 3.04. The second-order valence-corrected chi connectivity index (χ2v) is 5.47. The van der Waals surface area contributed by atoms with Gasteiger partial charge >= 0.3 is 6.03 Å². The van der Waals surface area contributed by atoms with Gasteiger partial charge in [0, 0.05) is 24.2 Å². The van der Waals surface area contributed by atoms with Crippen molar-refractivity contribution in [3.8, 4) is 11.3 Å². The number of halogens is 2. The van der Waals surface area contributed by atoms with Crippen molar-refractivity contribution in [2.75, 3.05) is 10.6 Å². The highest BCUT2D eigenvalue weighted by Crippen LogP contribution is 2.29. The summed E-state index contributed by atoms with van der Waals surface area (Å²) >= 11 is 11.9. The quantitative estimate of drug-likeness (QED) is 0.721. The molecule has 0 aliphatic rings. The molecular weight excluding hydrogens is 349 g/mol. The molecular formula is C16H11Cl2N5O. The molecule has 0 aliphatic carbocycles. The van der Waals surface area contributed by atoms with E-state index in [4.69, 9.17) is 23.2 Å². The van der Waals surface area contributed by atoms with E-state index in [0.29, 0.717) is 16.4 Å². The van der Waals surface area contributed by atoms with E-state index in [0.717, 1.165) is 5.56 Å². The summed E-state index contributed by atoms with van der Waals surface area (Å²) in [6.45, 7) is 0. The Morgan fingerprint density at radius 3 is 2.67 bits per heavy atom. The summed E-state index contributed by atoms with van der Waals surface area (Å²) in [6.07, 6.45) is 4.90. The molecule has 1 aromatic carbocycles. The molecule has 0 unspecified atom stereocenters. The number of amides is 2. The van der Waals surface area contributed by atoms with Crippen molar-refractivity contribution in [3.05, 3.63) is 65.0 Å². The van der Waals surface area contributed by atoms with E-state index < -0.39 is 6.03 Å². The topological polar surface area (TPSA) is 79.8 Å². The van der Waals surface area contributed by atoms with E-state index in [-0.39, 0.29) is 11.0 Å². The third kappa shape index (κ3) is 3.79. The smallest absolute Gasteiger partial charge is 0.306 e. The monoisotopic (exact) mass is 359 g/mol. The van der Waals surface area contributed by atoms with E-state index in [1.54, 1.807) is 48.9 Å². The average Bonchev–Trinajstić information content (AvgIpc) is 2.60. The van der Waals surface area contributed by atoms with Gasteiger partial charge in [-0.05, 0) is 30.3 Å². The zero-order valence-corrected chi connectivity index (χ0v) is 13.7. The van der Waals surface area contributed by atoms with Crippen molar-refractivity contribution in [1.82, 2.24) is 15.0 Å². The minimum absolute atomic E-state index is 0.159. The summed E-state index contributed by atoms with van der Waals surface area (Å²) in [5.74, 6) is 0.159. The van der Waals surface area contributed by atoms with Crippen molar-refractivity contribution in [2.45, 2.75) is 0 Å². The molecule has 2 heterocycles. The van der Waals surface area contributed by atoms with E-state index in [9.17, 15) is 4.79 Å². The van der Waals surface area contributed by atoms with Gasteiger partial charge in [0.25, 0.3) is 0 Å². The fraction of sp³-hybridized carbons (Fsp3) is 0. The standard InChI is InChI=1S/C16H11Cl2N5O/c17-11-4-1-5-13(14(11)18)22-16(24)23-15-20-8-6-12(21-15)10-3-2-7-19-9-10/h1-9H,(H2,20,21,22,23,24). The summed E-state index contributed by atoms with van der Waals surface area (Å²) in [6, 6.07) is 9.83. The van der Waals surface area contributed by atoms with Crippen molar-refractivity contribution in [1.29, 1.82) is 0 Å². The van der Waals surface area contributed by atoms with Crippen LogP contribution in [0.3, 0.4) is 0 Å². The van der Waals surface area contributed by atoms with Gasteiger partial charge in [0.15, 0.2) is 0 Å². The summed E-state index contributed by atoms with van der Waals surface area (Å²) in [5, 5.41) is 5.77. The molecule has 0 aliphatic heterocycles. The Balaban J connectivity index is 1.74. The molecule has 24 heavy (non-hydrogen) atoms. The lowest BCUT2D eigenvalue weighted by Crippen LogP contribution is -2.21. The van der Waals surface area contributed by atoms with Crippen LogP contribution in [0, 0.1) is 0 Å². The number of carbonyl (C=O) groups excluding carboxylic acids is 1. The van der Waals surface area contributed by atoms with Gasteiger partial charge < -0.3 is 5.32 Å². The second-order valence-electron chi connectivity index (χ2n) is 4.69. The summed E-state index contributed by atoms with van der Waals surface area (Å²) < 4.78 is 0. The molecule has 2 N–H and O–H groups in total. The molecule has 8 heteroatoms. The van der Waals surface area contributed by atoms with Crippen LogP contribution in [0.2, 0.25) is 10.0 Å². The first-order valence-corrected chi connectivity index (χ1v) is 7.64. The van der Waals surface area contributed by atoms with Crippen LogP contribution in [0.25, 0.3) is 11.3 Å². The largest absolute Gasteiger partial charge is 0.326 e. The molecule has 0 saturated carbocycles. The number of aromatic nitrogens is 3. The molecule has 2 aromatic heterocycles. The van der Waals surface area contributed by atoms with Gasteiger partial charge in [0.05, 0.1) is 21.4 Å². The molecule has 0 saturated heterocycles. The minimum Gasteiger partial charge on any atom is -0.306 e. The third-order valence-corrected chi connectivity index (χ3v) is 3.86. The lowest BCUT2D eigenvalue weighted by Gasteiger charge is -2.09. The van der Waals surface area contributed by atoms with Crippen molar-refractivity contribution >= 4 is 40.9 Å². The molecule has 3 aromatic rings. The number of rotatable bonds is 3. The van der Waals surface area contributed by atoms with Gasteiger partial charge in [-0.1, -0.05) is 29.3 Å².